The molecule has 0 amide bonds. The molecule has 4 nitrogen and oxygen atoms in total. The molecule has 11 heavy (non-hydrogen) atoms. The monoisotopic (exact) mass is 155 g/mol. The van der Waals surface area contributed by atoms with Crippen molar-refractivity contribution in [3.63, 3.8) is 0 Å². The lowest BCUT2D eigenvalue weighted by Gasteiger charge is -2.04. The van der Waals surface area contributed by atoms with Gasteiger partial charge in [-0.3, -0.25) is 4.79 Å². The van der Waals surface area contributed by atoms with Crippen LogP contribution in [0.3, 0.4) is 0 Å². The normalized spacial score (nSPS) is 12.8. The molecule has 0 saturated carbocycles. The summed E-state index contributed by atoms with van der Waals surface area (Å²) in [5.41, 5.74) is 0.597. The van der Waals surface area contributed by atoms with Crippen molar-refractivity contribution in [1.29, 1.82) is 0 Å². The molecule has 0 aromatic carbocycles. The molecule has 3 N–H and O–H groups in total. The molecule has 0 aliphatic rings. The molecule has 0 radical (unpaired) electrons. The fourth-order valence-electron chi connectivity index (χ4n) is 0.880. The van der Waals surface area contributed by atoms with E-state index in [0.717, 1.165) is 0 Å². The Morgan fingerprint density at radius 3 is 2.82 bits per heavy atom. The third-order valence-electron chi connectivity index (χ3n) is 1.51. The van der Waals surface area contributed by atoms with E-state index in [4.69, 9.17) is 10.2 Å². The van der Waals surface area contributed by atoms with Crippen LogP contribution in [0, 0.1) is 0 Å². The molecular formula is C7H9NO3. The molecule has 1 unspecified atom stereocenters. The van der Waals surface area contributed by atoms with Crippen LogP contribution in [0.4, 0.5) is 0 Å². The molecule has 0 saturated heterocycles. The molecule has 0 bridgehead atoms. The van der Waals surface area contributed by atoms with E-state index in [0.29, 0.717) is 5.56 Å². The zero-order valence-electron chi connectivity index (χ0n) is 5.82. The number of carbonyl (C=O) groups is 1. The first-order valence-electron chi connectivity index (χ1n) is 3.22. The Labute approximate surface area is 63.5 Å². The minimum absolute atomic E-state index is 0.368. The predicted molar refractivity (Wildman–Crippen MR) is 38.3 cm³/mol. The van der Waals surface area contributed by atoms with Gasteiger partial charge >= 0.3 is 5.97 Å². The molecule has 0 aliphatic carbocycles. The summed E-state index contributed by atoms with van der Waals surface area (Å²) in [5, 5.41) is 17.2. The van der Waals surface area contributed by atoms with Crippen molar-refractivity contribution in [2.75, 3.05) is 6.61 Å². The number of aromatic amines is 1. The molecule has 4 heteroatoms. The molecule has 1 rings (SSSR count). The molecule has 0 aliphatic heterocycles. The summed E-state index contributed by atoms with van der Waals surface area (Å²) in [4.78, 5) is 13.2. The van der Waals surface area contributed by atoms with Gasteiger partial charge in [0.05, 0.1) is 6.61 Å². The molecule has 0 fully saturated rings. The number of nitrogens with one attached hydrogen (secondary N) is 1. The second kappa shape index (κ2) is 3.21. The zero-order valence-corrected chi connectivity index (χ0v) is 5.82. The van der Waals surface area contributed by atoms with Crippen LogP contribution in [0.5, 0.6) is 0 Å². The van der Waals surface area contributed by atoms with Crippen LogP contribution in [0.25, 0.3) is 0 Å². The fraction of sp³-hybridized carbons (Fsp3) is 0.286. The summed E-state index contributed by atoms with van der Waals surface area (Å²) in [6, 6.07) is 1.63. The van der Waals surface area contributed by atoms with E-state index in [-0.39, 0.29) is 6.61 Å². The van der Waals surface area contributed by atoms with Crippen LogP contribution in [-0.4, -0.2) is 27.8 Å². The van der Waals surface area contributed by atoms with Gasteiger partial charge in [-0.1, -0.05) is 0 Å². The van der Waals surface area contributed by atoms with E-state index in [1.807, 2.05) is 0 Å². The van der Waals surface area contributed by atoms with E-state index in [1.54, 1.807) is 18.5 Å². The molecule has 0 spiro atoms. The van der Waals surface area contributed by atoms with E-state index in [1.165, 1.54) is 0 Å². The quantitative estimate of drug-likeness (QED) is 0.582. The average Bonchev–Trinajstić information content (AvgIpc) is 2.40. The van der Waals surface area contributed by atoms with Crippen LogP contribution >= 0.6 is 0 Å². The molecule has 1 aromatic rings. The average molecular weight is 155 g/mol. The van der Waals surface area contributed by atoms with Crippen LogP contribution in [0.1, 0.15) is 11.5 Å². The molecular weight excluding hydrogens is 146 g/mol. The Morgan fingerprint density at radius 1 is 1.73 bits per heavy atom. The zero-order chi connectivity index (χ0) is 8.27. The Balaban J connectivity index is 2.79. The lowest BCUT2D eigenvalue weighted by Crippen LogP contribution is -2.14. The number of hydrogen-bond acceptors (Lipinski definition) is 2. The number of carboxylic acid groups (broad SMARTS) is 1. The fourth-order valence-corrected chi connectivity index (χ4v) is 0.880. The molecule has 60 valence electrons. The topological polar surface area (TPSA) is 73.3 Å². The first-order valence-corrected chi connectivity index (χ1v) is 3.22. The number of hydrogen-bond donors (Lipinski definition) is 3. The van der Waals surface area contributed by atoms with Crippen molar-refractivity contribution < 1.29 is 15.0 Å². The number of rotatable bonds is 3. The SMILES string of the molecule is O=C(O)C(CO)c1cc[nH]c1. The van der Waals surface area contributed by atoms with Crippen molar-refractivity contribution in [2.24, 2.45) is 0 Å². The lowest BCUT2D eigenvalue weighted by molar-refractivity contribution is -0.139. The highest BCUT2D eigenvalue weighted by Crippen LogP contribution is 2.13. The largest absolute Gasteiger partial charge is 0.481 e. The predicted octanol–water partition coefficient (Wildman–Crippen LogP) is 0.175. The number of carboxylic acids is 1. The maximum atomic E-state index is 10.5. The van der Waals surface area contributed by atoms with Crippen molar-refractivity contribution in [2.45, 2.75) is 5.92 Å². The van der Waals surface area contributed by atoms with E-state index in [9.17, 15) is 4.79 Å². The summed E-state index contributed by atoms with van der Waals surface area (Å²) in [7, 11) is 0. The van der Waals surface area contributed by atoms with Gasteiger partial charge in [0, 0.05) is 12.4 Å². The first-order chi connectivity index (χ1) is 5.25. The minimum Gasteiger partial charge on any atom is -0.481 e. The molecule has 1 heterocycles. The standard InChI is InChI=1S/C7H9NO3/c9-4-6(7(10)11)5-1-2-8-3-5/h1-3,6,8-9H,4H2,(H,10,11). The number of aliphatic carboxylic acids is 1. The molecule has 1 atom stereocenters. The third kappa shape index (κ3) is 1.59. The van der Waals surface area contributed by atoms with Gasteiger partial charge in [0.1, 0.15) is 5.92 Å². The first kappa shape index (κ1) is 7.81. The van der Waals surface area contributed by atoms with Gasteiger partial charge in [-0.15, -0.1) is 0 Å². The van der Waals surface area contributed by atoms with Gasteiger partial charge < -0.3 is 15.2 Å². The Morgan fingerprint density at radius 2 is 2.45 bits per heavy atom. The highest BCUT2D eigenvalue weighted by Gasteiger charge is 2.18. The van der Waals surface area contributed by atoms with E-state index >= 15 is 0 Å². The highest BCUT2D eigenvalue weighted by molar-refractivity contribution is 5.76. The van der Waals surface area contributed by atoms with E-state index in [2.05, 4.69) is 4.98 Å². The number of aliphatic hydroxyl groups is 1. The van der Waals surface area contributed by atoms with Crippen molar-refractivity contribution >= 4 is 5.97 Å². The summed E-state index contributed by atoms with van der Waals surface area (Å²) in [5.74, 6) is -1.81. The van der Waals surface area contributed by atoms with E-state index < -0.39 is 11.9 Å². The lowest BCUT2D eigenvalue weighted by atomic mass is 10.0. The van der Waals surface area contributed by atoms with Crippen molar-refractivity contribution in [3.05, 3.63) is 24.0 Å². The van der Waals surface area contributed by atoms with Gasteiger partial charge in [0.25, 0.3) is 0 Å². The Hall–Kier alpha value is -1.29. The number of aromatic nitrogens is 1. The van der Waals surface area contributed by atoms with Crippen LogP contribution in [-0.2, 0) is 4.79 Å². The van der Waals surface area contributed by atoms with Gasteiger partial charge in [-0.25, -0.2) is 0 Å². The smallest absolute Gasteiger partial charge is 0.313 e. The van der Waals surface area contributed by atoms with Crippen molar-refractivity contribution in [1.82, 2.24) is 4.98 Å². The molecule has 1 aromatic heterocycles. The summed E-state index contributed by atoms with van der Waals surface area (Å²) >= 11 is 0. The maximum absolute atomic E-state index is 10.5. The minimum atomic E-state index is -1.01. The van der Waals surface area contributed by atoms with Gasteiger partial charge in [0.15, 0.2) is 0 Å². The van der Waals surface area contributed by atoms with Crippen LogP contribution < -0.4 is 0 Å². The van der Waals surface area contributed by atoms with Gasteiger partial charge in [0.2, 0.25) is 0 Å². The highest BCUT2D eigenvalue weighted by atomic mass is 16.4. The summed E-state index contributed by atoms with van der Waals surface area (Å²) in [6.45, 7) is -0.368. The van der Waals surface area contributed by atoms with Crippen LogP contribution in [0.15, 0.2) is 18.5 Å². The van der Waals surface area contributed by atoms with Gasteiger partial charge in [-0.05, 0) is 11.6 Å². The number of aliphatic hydroxyl groups excluding tert-OH is 1. The summed E-state index contributed by atoms with van der Waals surface area (Å²) in [6.07, 6.45) is 3.19. The second-order valence-corrected chi connectivity index (χ2v) is 2.22. The van der Waals surface area contributed by atoms with Crippen LogP contribution in [0.2, 0.25) is 0 Å². The Kier molecular flexibility index (Phi) is 2.28. The maximum Gasteiger partial charge on any atom is 0.313 e. The number of H-pyrrole nitrogens is 1. The summed E-state index contributed by atoms with van der Waals surface area (Å²) < 4.78 is 0. The van der Waals surface area contributed by atoms with Crippen molar-refractivity contribution in [3.8, 4) is 0 Å². The Bertz CT molecular complexity index is 230. The van der Waals surface area contributed by atoms with Gasteiger partial charge in [-0.2, -0.15) is 0 Å². The second-order valence-electron chi connectivity index (χ2n) is 2.22. The third-order valence-corrected chi connectivity index (χ3v) is 1.51.